The van der Waals surface area contributed by atoms with Crippen molar-refractivity contribution in [1.82, 2.24) is 9.62 Å². The lowest BCUT2D eigenvalue weighted by molar-refractivity contribution is 0.291. The molecule has 0 amide bonds. The fourth-order valence-corrected chi connectivity index (χ4v) is 3.99. The molecule has 2 aliphatic heterocycles. The first-order valence-corrected chi connectivity index (χ1v) is 8.92. The summed E-state index contributed by atoms with van der Waals surface area (Å²) in [5.41, 5.74) is 0.936. The lowest BCUT2D eigenvalue weighted by atomic mass is 10.1. The molecule has 0 unspecified atom stereocenters. The van der Waals surface area contributed by atoms with E-state index in [1.807, 2.05) is 24.3 Å². The molecule has 0 radical (unpaired) electrons. The van der Waals surface area contributed by atoms with Gasteiger partial charge in [-0.2, -0.15) is 13.1 Å². The van der Waals surface area contributed by atoms with Crippen LogP contribution in [0.3, 0.4) is 0 Å². The zero-order chi connectivity index (χ0) is 14.2. The number of halogens is 1. The normalized spacial score (nSPS) is 25.6. The summed E-state index contributed by atoms with van der Waals surface area (Å²) >= 11 is 3.40. The van der Waals surface area contributed by atoms with E-state index in [9.17, 15) is 8.42 Å². The van der Waals surface area contributed by atoms with Gasteiger partial charge in [0.2, 0.25) is 0 Å². The number of rotatable bonds is 1. The molecule has 3 rings (SSSR count). The van der Waals surface area contributed by atoms with Gasteiger partial charge in [0.15, 0.2) is 0 Å². The summed E-state index contributed by atoms with van der Waals surface area (Å²) in [5, 5.41) is 0. The van der Waals surface area contributed by atoms with Crippen molar-refractivity contribution in [3.8, 4) is 0 Å². The molecule has 0 saturated carbocycles. The molecule has 0 aromatic heterocycles. The third-order valence-electron chi connectivity index (χ3n) is 3.61. The predicted octanol–water partition coefficient (Wildman–Crippen LogP) is 2.57. The Morgan fingerprint density at radius 2 is 1.95 bits per heavy atom. The third kappa shape index (κ3) is 2.89. The Balaban J connectivity index is 2.01. The maximum absolute atomic E-state index is 11.9. The quantitative estimate of drug-likeness (QED) is 0.839. The molecule has 0 bridgehead atoms. The lowest BCUT2D eigenvalue weighted by Gasteiger charge is -2.36. The summed E-state index contributed by atoms with van der Waals surface area (Å²) < 4.78 is 31.4. The molecular formula is C13H16BrN3O2S. The zero-order valence-corrected chi connectivity index (χ0v) is 13.3. The summed E-state index contributed by atoms with van der Waals surface area (Å²) in [7, 11) is -3.59. The van der Waals surface area contributed by atoms with Crippen LogP contribution in [0.5, 0.6) is 0 Å². The Morgan fingerprint density at radius 1 is 1.20 bits per heavy atom. The van der Waals surface area contributed by atoms with E-state index < -0.39 is 10.2 Å². The van der Waals surface area contributed by atoms with Crippen LogP contribution < -0.4 is 4.72 Å². The first-order chi connectivity index (χ1) is 9.55. The molecule has 1 aromatic carbocycles. The van der Waals surface area contributed by atoms with Gasteiger partial charge in [0.1, 0.15) is 12.0 Å². The topological polar surface area (TPSA) is 61.8 Å². The average Bonchev–Trinajstić information content (AvgIpc) is 2.62. The van der Waals surface area contributed by atoms with Crippen LogP contribution in [0.2, 0.25) is 0 Å². The minimum atomic E-state index is -3.59. The minimum absolute atomic E-state index is 0.348. The number of nitrogens with zero attached hydrogens (tertiary/aromatic N) is 2. The molecule has 1 saturated heterocycles. The van der Waals surface area contributed by atoms with Gasteiger partial charge in [-0.05, 0) is 30.5 Å². The van der Waals surface area contributed by atoms with E-state index in [0.29, 0.717) is 5.84 Å². The molecular weight excluding hydrogens is 342 g/mol. The smallest absolute Gasteiger partial charge is 0.323 e. The van der Waals surface area contributed by atoms with Gasteiger partial charge in [-0.3, -0.25) is 0 Å². The largest absolute Gasteiger partial charge is 0.339 e. The second-order valence-electron chi connectivity index (χ2n) is 5.06. The van der Waals surface area contributed by atoms with E-state index in [1.54, 1.807) is 0 Å². The average molecular weight is 358 g/mol. The third-order valence-corrected chi connectivity index (χ3v) is 5.12. The Morgan fingerprint density at radius 3 is 2.70 bits per heavy atom. The van der Waals surface area contributed by atoms with Crippen LogP contribution in [-0.2, 0) is 10.2 Å². The summed E-state index contributed by atoms with van der Waals surface area (Å²) in [6.07, 6.45) is 3.56. The van der Waals surface area contributed by atoms with Crippen LogP contribution in [0.4, 0.5) is 0 Å². The first kappa shape index (κ1) is 14.0. The SMILES string of the molecule is O=S1(=O)N=C2CCCCCN2[C@@H](c2ccc(Br)cc2)N1. The molecule has 1 aromatic rings. The van der Waals surface area contributed by atoms with Gasteiger partial charge in [-0.15, -0.1) is 4.40 Å². The maximum atomic E-state index is 11.9. The van der Waals surface area contributed by atoms with E-state index >= 15 is 0 Å². The number of fused-ring (bicyclic) bond motifs is 1. The highest BCUT2D eigenvalue weighted by molar-refractivity contribution is 9.10. The van der Waals surface area contributed by atoms with Crippen molar-refractivity contribution in [2.45, 2.75) is 31.8 Å². The Kier molecular flexibility index (Phi) is 3.83. The minimum Gasteiger partial charge on any atom is -0.339 e. The molecule has 1 atom stereocenters. The van der Waals surface area contributed by atoms with Crippen molar-refractivity contribution in [2.75, 3.05) is 6.54 Å². The summed E-state index contributed by atoms with van der Waals surface area (Å²) in [4.78, 5) is 2.08. The Hall–Kier alpha value is -0.920. The van der Waals surface area contributed by atoms with Gasteiger partial charge >= 0.3 is 10.2 Å². The molecule has 7 heteroatoms. The molecule has 0 aliphatic carbocycles. The molecule has 1 N–H and O–H groups in total. The second kappa shape index (κ2) is 5.46. The lowest BCUT2D eigenvalue weighted by Crippen LogP contribution is -2.48. The number of benzene rings is 1. The Labute approximate surface area is 127 Å². The van der Waals surface area contributed by atoms with Crippen LogP contribution >= 0.6 is 15.9 Å². The zero-order valence-electron chi connectivity index (χ0n) is 10.9. The molecule has 2 aliphatic rings. The van der Waals surface area contributed by atoms with E-state index in [-0.39, 0.29) is 6.17 Å². The molecule has 108 valence electrons. The van der Waals surface area contributed by atoms with Crippen molar-refractivity contribution >= 4 is 32.0 Å². The van der Waals surface area contributed by atoms with Crippen LogP contribution in [0.1, 0.15) is 37.4 Å². The van der Waals surface area contributed by atoms with Crippen molar-refractivity contribution in [1.29, 1.82) is 0 Å². The van der Waals surface area contributed by atoms with E-state index in [2.05, 4.69) is 29.9 Å². The fraction of sp³-hybridized carbons (Fsp3) is 0.462. The molecule has 0 spiro atoms. The molecule has 1 fully saturated rings. The second-order valence-corrected chi connectivity index (χ2v) is 7.34. The van der Waals surface area contributed by atoms with Crippen LogP contribution in [0, 0.1) is 0 Å². The van der Waals surface area contributed by atoms with Gasteiger partial charge in [0.25, 0.3) is 0 Å². The summed E-state index contributed by atoms with van der Waals surface area (Å²) in [6.45, 7) is 0.835. The number of hydrogen-bond donors (Lipinski definition) is 1. The van der Waals surface area contributed by atoms with Crippen molar-refractivity contribution in [3.63, 3.8) is 0 Å². The van der Waals surface area contributed by atoms with Gasteiger partial charge in [-0.1, -0.05) is 34.5 Å². The van der Waals surface area contributed by atoms with Crippen molar-refractivity contribution in [3.05, 3.63) is 34.3 Å². The van der Waals surface area contributed by atoms with Crippen LogP contribution in [0.25, 0.3) is 0 Å². The van der Waals surface area contributed by atoms with E-state index in [1.165, 1.54) is 0 Å². The number of hydrogen-bond acceptors (Lipinski definition) is 3. The fourth-order valence-electron chi connectivity index (χ4n) is 2.65. The van der Waals surface area contributed by atoms with Crippen LogP contribution in [0.15, 0.2) is 33.1 Å². The van der Waals surface area contributed by atoms with Gasteiger partial charge in [0.05, 0.1) is 0 Å². The van der Waals surface area contributed by atoms with Gasteiger partial charge in [0, 0.05) is 17.4 Å². The van der Waals surface area contributed by atoms with Crippen LogP contribution in [-0.4, -0.2) is 25.7 Å². The molecule has 5 nitrogen and oxygen atoms in total. The predicted molar refractivity (Wildman–Crippen MR) is 81.5 cm³/mol. The molecule has 2 heterocycles. The Bertz CT molecular complexity index is 628. The maximum Gasteiger partial charge on any atom is 0.323 e. The first-order valence-electron chi connectivity index (χ1n) is 6.68. The van der Waals surface area contributed by atoms with E-state index in [4.69, 9.17) is 0 Å². The highest BCUT2D eigenvalue weighted by atomic mass is 79.9. The number of nitrogens with one attached hydrogen (secondary N) is 1. The van der Waals surface area contributed by atoms with E-state index in [0.717, 1.165) is 42.3 Å². The summed E-state index contributed by atoms with van der Waals surface area (Å²) in [5.74, 6) is 0.689. The number of amidine groups is 1. The molecule has 20 heavy (non-hydrogen) atoms. The highest BCUT2D eigenvalue weighted by Crippen LogP contribution is 2.28. The van der Waals surface area contributed by atoms with Crippen molar-refractivity contribution in [2.24, 2.45) is 4.40 Å². The standard InChI is InChI=1S/C13H16BrN3O2S/c14-11-7-5-10(6-8-11)13-16-20(18,19)15-12-4-2-1-3-9-17(12)13/h5-8,13,16H,1-4,9H2/t13-/m0/s1. The monoisotopic (exact) mass is 357 g/mol. The van der Waals surface area contributed by atoms with Crippen molar-refractivity contribution < 1.29 is 8.42 Å². The highest BCUT2D eigenvalue weighted by Gasteiger charge is 2.33. The van der Waals surface area contributed by atoms with Gasteiger partial charge in [-0.25, -0.2) is 0 Å². The van der Waals surface area contributed by atoms with Gasteiger partial charge < -0.3 is 4.90 Å². The summed E-state index contributed by atoms with van der Waals surface area (Å²) in [6, 6.07) is 7.72.